The first-order valence-corrected chi connectivity index (χ1v) is 11.7. The molecule has 2 heterocycles. The lowest BCUT2D eigenvalue weighted by Gasteiger charge is -2.12. The van der Waals surface area contributed by atoms with Crippen LogP contribution in [-0.2, 0) is 11.3 Å². The topological polar surface area (TPSA) is 85.5 Å². The van der Waals surface area contributed by atoms with Gasteiger partial charge in [0.25, 0.3) is 16.8 Å². The summed E-state index contributed by atoms with van der Waals surface area (Å²) < 4.78 is 2.83. The maximum Gasteiger partial charge on any atom is 0.293 e. The summed E-state index contributed by atoms with van der Waals surface area (Å²) in [6, 6.07) is 14.5. The minimum Gasteiger partial charge on any atom is -0.318 e. The molecule has 0 atom stereocenters. The molecule has 0 unspecified atom stereocenters. The van der Waals surface area contributed by atoms with Crippen LogP contribution in [0.3, 0.4) is 0 Å². The normalized spacial score (nSPS) is 15.0. The minimum absolute atomic E-state index is 0.0515. The lowest BCUT2D eigenvalue weighted by atomic mass is 10.1. The number of benzene rings is 2. The number of nitrogens with zero attached hydrogens (tertiary/aromatic N) is 3. The van der Waals surface area contributed by atoms with Crippen molar-refractivity contribution in [3.05, 3.63) is 96.1 Å². The third-order valence-corrected chi connectivity index (χ3v) is 6.97. The van der Waals surface area contributed by atoms with Gasteiger partial charge in [-0.1, -0.05) is 34.1 Å². The van der Waals surface area contributed by atoms with Crippen LogP contribution in [0.25, 0.3) is 11.8 Å². The van der Waals surface area contributed by atoms with Gasteiger partial charge in [0.15, 0.2) is 0 Å². The molecule has 1 saturated heterocycles. The number of aromatic nitrogens is 1. The van der Waals surface area contributed by atoms with Crippen LogP contribution in [0.15, 0.2) is 57.9 Å². The highest BCUT2D eigenvalue weighted by Gasteiger charge is 2.35. The average Bonchev–Trinajstić information content (AvgIpc) is 3.19. The van der Waals surface area contributed by atoms with E-state index in [1.54, 1.807) is 25.1 Å². The van der Waals surface area contributed by atoms with Crippen LogP contribution < -0.4 is 0 Å². The largest absolute Gasteiger partial charge is 0.318 e. The van der Waals surface area contributed by atoms with E-state index in [0.717, 1.165) is 38.7 Å². The summed E-state index contributed by atoms with van der Waals surface area (Å²) in [5.41, 5.74) is 4.65. The Morgan fingerprint density at radius 1 is 1.06 bits per heavy atom. The van der Waals surface area contributed by atoms with Crippen molar-refractivity contribution in [2.75, 3.05) is 0 Å². The van der Waals surface area contributed by atoms with Crippen molar-refractivity contribution in [2.24, 2.45) is 0 Å². The second kappa shape index (κ2) is 8.99. The molecule has 7 nitrogen and oxygen atoms in total. The van der Waals surface area contributed by atoms with Crippen LogP contribution in [0.1, 0.15) is 28.1 Å². The highest BCUT2D eigenvalue weighted by Crippen LogP contribution is 2.35. The summed E-state index contributed by atoms with van der Waals surface area (Å²) >= 11 is 4.30. The Hall–Kier alpha value is -3.17. The number of carbonyl (C=O) groups excluding carboxylic acids is 2. The Morgan fingerprint density at radius 2 is 1.76 bits per heavy atom. The van der Waals surface area contributed by atoms with E-state index >= 15 is 0 Å². The number of nitro groups is 1. The van der Waals surface area contributed by atoms with E-state index in [4.69, 9.17) is 0 Å². The fourth-order valence-electron chi connectivity index (χ4n) is 3.81. The molecule has 0 N–H and O–H groups in total. The summed E-state index contributed by atoms with van der Waals surface area (Å²) in [6.45, 7) is 5.69. The van der Waals surface area contributed by atoms with E-state index in [1.165, 1.54) is 4.90 Å². The molecule has 0 radical (unpaired) electrons. The van der Waals surface area contributed by atoms with Crippen molar-refractivity contribution in [2.45, 2.75) is 27.3 Å². The van der Waals surface area contributed by atoms with Crippen molar-refractivity contribution in [1.29, 1.82) is 0 Å². The standard InChI is InChI=1S/C24H20BrN3O4S/c1-14-4-9-20(12-21(14)28(31)32)27-15(2)10-18(16(27)3)11-22-23(29)26(24(30)33-22)13-17-5-7-19(25)8-6-17/h4-12H,13H2,1-3H3/b22-11-. The molecule has 1 aliphatic rings. The van der Waals surface area contributed by atoms with Gasteiger partial charge in [-0.25, -0.2) is 0 Å². The zero-order valence-corrected chi connectivity index (χ0v) is 20.6. The second-order valence-corrected chi connectivity index (χ2v) is 9.69. The molecule has 4 rings (SSSR count). The molecule has 2 aromatic carbocycles. The molecular formula is C24H20BrN3O4S. The Bertz CT molecular complexity index is 1330. The molecular weight excluding hydrogens is 506 g/mol. The highest BCUT2D eigenvalue weighted by atomic mass is 79.9. The Labute approximate surface area is 203 Å². The maximum absolute atomic E-state index is 12.9. The van der Waals surface area contributed by atoms with E-state index in [-0.39, 0.29) is 23.4 Å². The van der Waals surface area contributed by atoms with Gasteiger partial charge < -0.3 is 4.57 Å². The van der Waals surface area contributed by atoms with Gasteiger partial charge in [-0.05, 0) is 74.0 Å². The fraction of sp³-hybridized carbons (Fsp3) is 0.167. The van der Waals surface area contributed by atoms with Crippen LogP contribution in [0.5, 0.6) is 0 Å². The molecule has 3 aromatic rings. The number of hydrogen-bond acceptors (Lipinski definition) is 5. The van der Waals surface area contributed by atoms with Crippen molar-refractivity contribution in [1.82, 2.24) is 9.47 Å². The lowest BCUT2D eigenvalue weighted by Crippen LogP contribution is -2.27. The van der Waals surface area contributed by atoms with Crippen molar-refractivity contribution in [3.63, 3.8) is 0 Å². The molecule has 1 aliphatic heterocycles. The third-order valence-electron chi connectivity index (χ3n) is 5.53. The summed E-state index contributed by atoms with van der Waals surface area (Å²) in [7, 11) is 0. The van der Waals surface area contributed by atoms with E-state index in [9.17, 15) is 19.7 Å². The summed E-state index contributed by atoms with van der Waals surface area (Å²) in [4.78, 5) is 38.0. The number of rotatable bonds is 5. The Kier molecular flexibility index (Phi) is 6.27. The van der Waals surface area contributed by atoms with Gasteiger partial charge in [-0.2, -0.15) is 0 Å². The molecule has 0 saturated carbocycles. The number of halogens is 1. The number of thioether (sulfide) groups is 1. The van der Waals surface area contributed by atoms with Crippen LogP contribution in [-0.4, -0.2) is 25.5 Å². The number of amides is 2. The van der Waals surface area contributed by atoms with Crippen LogP contribution in [0.4, 0.5) is 10.5 Å². The van der Waals surface area contributed by atoms with Gasteiger partial charge in [-0.3, -0.25) is 24.6 Å². The molecule has 1 aromatic heterocycles. The quantitative estimate of drug-likeness (QED) is 0.221. The number of hydrogen-bond donors (Lipinski definition) is 0. The molecule has 9 heteroatoms. The average molecular weight is 526 g/mol. The van der Waals surface area contributed by atoms with Gasteiger partial charge >= 0.3 is 0 Å². The summed E-state index contributed by atoms with van der Waals surface area (Å²) in [5, 5.41) is 11.1. The fourth-order valence-corrected chi connectivity index (χ4v) is 4.91. The smallest absolute Gasteiger partial charge is 0.293 e. The van der Waals surface area contributed by atoms with E-state index < -0.39 is 4.92 Å². The molecule has 0 aliphatic carbocycles. The maximum atomic E-state index is 12.9. The van der Waals surface area contributed by atoms with Crippen LogP contribution >= 0.6 is 27.7 Å². The second-order valence-electron chi connectivity index (χ2n) is 7.78. The molecule has 0 bridgehead atoms. The van der Waals surface area contributed by atoms with Gasteiger partial charge in [0.2, 0.25) is 0 Å². The highest BCUT2D eigenvalue weighted by molar-refractivity contribution is 9.10. The van der Waals surface area contributed by atoms with Crippen molar-refractivity contribution >= 4 is 50.6 Å². The van der Waals surface area contributed by atoms with E-state index in [1.807, 2.05) is 54.8 Å². The van der Waals surface area contributed by atoms with Gasteiger partial charge in [0.1, 0.15) is 0 Å². The molecule has 0 spiro atoms. The predicted octanol–water partition coefficient (Wildman–Crippen LogP) is 6.31. The van der Waals surface area contributed by atoms with Crippen LogP contribution in [0.2, 0.25) is 0 Å². The zero-order valence-electron chi connectivity index (χ0n) is 18.2. The first-order valence-electron chi connectivity index (χ1n) is 10.1. The molecule has 2 amide bonds. The van der Waals surface area contributed by atoms with E-state index in [0.29, 0.717) is 16.2 Å². The lowest BCUT2D eigenvalue weighted by molar-refractivity contribution is -0.385. The van der Waals surface area contributed by atoms with E-state index in [2.05, 4.69) is 15.9 Å². The van der Waals surface area contributed by atoms with Gasteiger partial charge in [0.05, 0.1) is 22.1 Å². The van der Waals surface area contributed by atoms with Crippen molar-refractivity contribution in [3.8, 4) is 5.69 Å². The molecule has 33 heavy (non-hydrogen) atoms. The Morgan fingerprint density at radius 3 is 2.42 bits per heavy atom. The predicted molar refractivity (Wildman–Crippen MR) is 132 cm³/mol. The molecule has 1 fully saturated rings. The number of carbonyl (C=O) groups is 2. The SMILES string of the molecule is Cc1ccc(-n2c(C)cc(/C=C3\SC(=O)N(Cc4ccc(Br)cc4)C3=O)c2C)cc1[N+](=O)[O-]. The number of aryl methyl sites for hydroxylation is 2. The first kappa shape index (κ1) is 23.0. The number of nitro benzene ring substituents is 1. The minimum atomic E-state index is -0.393. The molecule has 168 valence electrons. The summed E-state index contributed by atoms with van der Waals surface area (Å²) in [5.74, 6) is -0.330. The number of imide groups is 1. The monoisotopic (exact) mass is 525 g/mol. The zero-order chi connectivity index (χ0) is 23.9. The Balaban J connectivity index is 1.64. The summed E-state index contributed by atoms with van der Waals surface area (Å²) in [6.07, 6.45) is 1.72. The van der Waals surface area contributed by atoms with Gasteiger partial charge in [0, 0.05) is 27.5 Å². The third kappa shape index (κ3) is 4.51. The first-order chi connectivity index (χ1) is 15.7. The van der Waals surface area contributed by atoms with Crippen molar-refractivity contribution < 1.29 is 14.5 Å². The van der Waals surface area contributed by atoms with Gasteiger partial charge in [-0.15, -0.1) is 0 Å². The van der Waals surface area contributed by atoms with Crippen LogP contribution in [0, 0.1) is 30.9 Å².